The monoisotopic (exact) mass is 407 g/mol. The molecular formula is C23H25N3O4. The van der Waals surface area contributed by atoms with Gasteiger partial charge in [-0.1, -0.05) is 13.3 Å². The van der Waals surface area contributed by atoms with Crippen LogP contribution in [0.1, 0.15) is 25.3 Å². The molecule has 7 nitrogen and oxygen atoms in total. The van der Waals surface area contributed by atoms with Gasteiger partial charge in [-0.05, 0) is 73.0 Å². The zero-order valence-electron chi connectivity index (χ0n) is 17.1. The Morgan fingerprint density at radius 2 is 1.87 bits per heavy atom. The van der Waals surface area contributed by atoms with Crippen LogP contribution in [0.4, 0.5) is 0 Å². The predicted octanol–water partition coefficient (Wildman–Crippen LogP) is 3.41. The number of hydrogen-bond donors (Lipinski definition) is 3. The van der Waals surface area contributed by atoms with Gasteiger partial charge in [0.2, 0.25) is 0 Å². The molecule has 0 aliphatic carbocycles. The molecule has 0 aliphatic rings. The van der Waals surface area contributed by atoms with Gasteiger partial charge in [0.05, 0.1) is 11.4 Å². The van der Waals surface area contributed by atoms with E-state index >= 15 is 0 Å². The standard InChI is InChI=1S/C23H25N3O4/c1-3-4-11-24-22(28)14-30-18-8-5-16(6-9-18)19-13-20(26-23(29)25-19)17-7-10-21(27)15(2)12-17/h5-10,12-13,27H,3-4,11,14H2,1-2H3,(H,24,28)(H,25,26,29). The van der Waals surface area contributed by atoms with Gasteiger partial charge in [-0.2, -0.15) is 4.98 Å². The summed E-state index contributed by atoms with van der Waals surface area (Å²) in [5.41, 5.74) is 2.90. The number of nitrogens with one attached hydrogen (secondary N) is 2. The third-order valence-corrected chi connectivity index (χ3v) is 4.62. The lowest BCUT2D eigenvalue weighted by molar-refractivity contribution is -0.123. The van der Waals surface area contributed by atoms with E-state index in [1.807, 2.05) is 0 Å². The molecule has 0 radical (unpaired) electrons. The number of aromatic amines is 1. The first kappa shape index (κ1) is 21.1. The van der Waals surface area contributed by atoms with Crippen LogP contribution in [0.2, 0.25) is 0 Å². The maximum Gasteiger partial charge on any atom is 0.345 e. The maximum absolute atomic E-state index is 12.1. The Labute approximate surface area is 174 Å². The van der Waals surface area contributed by atoms with Gasteiger partial charge < -0.3 is 20.1 Å². The van der Waals surface area contributed by atoms with Crippen LogP contribution < -0.4 is 15.7 Å². The van der Waals surface area contributed by atoms with Crippen molar-refractivity contribution in [2.24, 2.45) is 0 Å². The first-order valence-corrected chi connectivity index (χ1v) is 9.87. The molecule has 2 aromatic carbocycles. The number of amides is 1. The summed E-state index contributed by atoms with van der Waals surface area (Å²) >= 11 is 0. The van der Waals surface area contributed by atoms with Crippen molar-refractivity contribution < 1.29 is 14.6 Å². The normalized spacial score (nSPS) is 10.6. The maximum atomic E-state index is 12.1. The lowest BCUT2D eigenvalue weighted by Gasteiger charge is -2.09. The molecule has 1 aromatic heterocycles. The van der Waals surface area contributed by atoms with Crippen LogP contribution in [-0.2, 0) is 4.79 Å². The van der Waals surface area contributed by atoms with Crippen molar-refractivity contribution in [1.82, 2.24) is 15.3 Å². The molecule has 0 atom stereocenters. The first-order chi connectivity index (χ1) is 14.5. The van der Waals surface area contributed by atoms with Crippen LogP contribution in [0.5, 0.6) is 11.5 Å². The first-order valence-electron chi connectivity index (χ1n) is 9.87. The van der Waals surface area contributed by atoms with Crippen LogP contribution in [0.3, 0.4) is 0 Å². The van der Waals surface area contributed by atoms with E-state index in [4.69, 9.17) is 4.74 Å². The molecule has 0 saturated carbocycles. The number of carbonyl (C=O) groups is 1. The number of ether oxygens (including phenoxy) is 1. The van der Waals surface area contributed by atoms with Crippen LogP contribution in [0.25, 0.3) is 22.5 Å². The van der Waals surface area contributed by atoms with E-state index in [0.29, 0.717) is 29.2 Å². The van der Waals surface area contributed by atoms with Crippen LogP contribution in [0.15, 0.2) is 53.3 Å². The molecule has 0 fully saturated rings. The number of phenols is 1. The average molecular weight is 407 g/mol. The molecule has 0 unspecified atom stereocenters. The molecule has 0 bridgehead atoms. The van der Waals surface area contributed by atoms with Gasteiger partial charge in [-0.3, -0.25) is 4.79 Å². The summed E-state index contributed by atoms with van der Waals surface area (Å²) in [6.07, 6.45) is 1.96. The lowest BCUT2D eigenvalue weighted by Crippen LogP contribution is -2.29. The van der Waals surface area contributed by atoms with Crippen molar-refractivity contribution in [1.29, 1.82) is 0 Å². The van der Waals surface area contributed by atoms with Gasteiger partial charge in [0.25, 0.3) is 5.91 Å². The van der Waals surface area contributed by atoms with Gasteiger partial charge in [0.15, 0.2) is 6.61 Å². The second kappa shape index (κ2) is 9.73. The number of rotatable bonds is 8. The largest absolute Gasteiger partial charge is 0.508 e. The minimum absolute atomic E-state index is 0.0422. The summed E-state index contributed by atoms with van der Waals surface area (Å²) in [6.45, 7) is 4.46. The Morgan fingerprint density at radius 3 is 2.57 bits per heavy atom. The number of carbonyl (C=O) groups excluding carboxylic acids is 1. The number of nitrogens with zero attached hydrogens (tertiary/aromatic N) is 1. The SMILES string of the molecule is CCCCNC(=O)COc1ccc(-c2cc(-c3ccc(O)c(C)c3)nc(=O)[nH]2)cc1. The molecule has 3 N–H and O–H groups in total. The second-order valence-corrected chi connectivity index (χ2v) is 7.00. The van der Waals surface area contributed by atoms with E-state index in [9.17, 15) is 14.7 Å². The summed E-state index contributed by atoms with van der Waals surface area (Å²) in [5, 5.41) is 12.5. The van der Waals surface area contributed by atoms with E-state index in [-0.39, 0.29) is 18.3 Å². The average Bonchev–Trinajstić information content (AvgIpc) is 2.74. The van der Waals surface area contributed by atoms with E-state index in [1.165, 1.54) is 0 Å². The summed E-state index contributed by atoms with van der Waals surface area (Å²) in [7, 11) is 0. The molecule has 30 heavy (non-hydrogen) atoms. The van der Waals surface area contributed by atoms with Gasteiger partial charge in [0.1, 0.15) is 11.5 Å². The van der Waals surface area contributed by atoms with Gasteiger partial charge in [0, 0.05) is 12.1 Å². The molecule has 7 heteroatoms. The number of aromatic hydroxyl groups is 1. The van der Waals surface area contributed by atoms with Gasteiger partial charge in [-0.15, -0.1) is 0 Å². The van der Waals surface area contributed by atoms with Crippen LogP contribution in [-0.4, -0.2) is 34.1 Å². The number of unbranched alkanes of at least 4 members (excludes halogenated alkanes) is 1. The fourth-order valence-corrected chi connectivity index (χ4v) is 2.91. The number of H-pyrrole nitrogens is 1. The van der Waals surface area contributed by atoms with Crippen molar-refractivity contribution in [3.05, 3.63) is 64.6 Å². The predicted molar refractivity (Wildman–Crippen MR) is 116 cm³/mol. The fourth-order valence-electron chi connectivity index (χ4n) is 2.91. The van der Waals surface area contributed by atoms with Crippen LogP contribution in [0, 0.1) is 6.92 Å². The zero-order valence-corrected chi connectivity index (χ0v) is 17.1. The fraction of sp³-hybridized carbons (Fsp3) is 0.261. The number of aromatic nitrogens is 2. The van der Waals surface area contributed by atoms with Gasteiger partial charge in [-0.25, -0.2) is 4.79 Å². The summed E-state index contributed by atoms with van der Waals surface area (Å²) in [4.78, 5) is 30.6. The molecule has 1 heterocycles. The number of aryl methyl sites for hydroxylation is 1. The summed E-state index contributed by atoms with van der Waals surface area (Å²) < 4.78 is 5.51. The quantitative estimate of drug-likeness (QED) is 0.497. The molecule has 0 aliphatic heterocycles. The second-order valence-electron chi connectivity index (χ2n) is 7.00. The van der Waals surface area contributed by atoms with Crippen LogP contribution >= 0.6 is 0 Å². The highest BCUT2D eigenvalue weighted by Gasteiger charge is 2.08. The van der Waals surface area contributed by atoms with Crippen molar-refractivity contribution >= 4 is 5.91 Å². The van der Waals surface area contributed by atoms with Crippen molar-refractivity contribution in [3.63, 3.8) is 0 Å². The number of benzene rings is 2. The highest BCUT2D eigenvalue weighted by atomic mass is 16.5. The Morgan fingerprint density at radius 1 is 1.13 bits per heavy atom. The Kier molecular flexibility index (Phi) is 6.85. The summed E-state index contributed by atoms with van der Waals surface area (Å²) in [6, 6.07) is 14.0. The number of phenolic OH excluding ortho intramolecular Hbond substituents is 1. The van der Waals surface area contributed by atoms with E-state index in [1.54, 1.807) is 55.5 Å². The topological polar surface area (TPSA) is 104 Å². The van der Waals surface area contributed by atoms with Crippen molar-refractivity contribution in [3.8, 4) is 34.0 Å². The molecule has 0 saturated heterocycles. The Hall–Kier alpha value is -3.61. The minimum Gasteiger partial charge on any atom is -0.508 e. The molecule has 1 amide bonds. The van der Waals surface area contributed by atoms with Crippen molar-refractivity contribution in [2.75, 3.05) is 13.2 Å². The van der Waals surface area contributed by atoms with E-state index < -0.39 is 5.69 Å². The highest BCUT2D eigenvalue weighted by Crippen LogP contribution is 2.26. The number of hydrogen-bond acceptors (Lipinski definition) is 5. The van der Waals surface area contributed by atoms with Crippen molar-refractivity contribution in [2.45, 2.75) is 26.7 Å². The minimum atomic E-state index is -0.461. The van der Waals surface area contributed by atoms with E-state index in [0.717, 1.165) is 24.0 Å². The smallest absolute Gasteiger partial charge is 0.345 e. The molecule has 3 rings (SSSR count). The Bertz CT molecular complexity index is 1070. The molecule has 3 aromatic rings. The molecular weight excluding hydrogens is 382 g/mol. The van der Waals surface area contributed by atoms with Gasteiger partial charge >= 0.3 is 5.69 Å². The molecule has 0 spiro atoms. The zero-order chi connectivity index (χ0) is 21.5. The molecule has 156 valence electrons. The third-order valence-electron chi connectivity index (χ3n) is 4.62. The highest BCUT2D eigenvalue weighted by molar-refractivity contribution is 5.77. The lowest BCUT2D eigenvalue weighted by atomic mass is 10.1. The van der Waals surface area contributed by atoms with E-state index in [2.05, 4.69) is 22.2 Å². The summed E-state index contributed by atoms with van der Waals surface area (Å²) in [5.74, 6) is 0.605. The third kappa shape index (κ3) is 5.47. The Balaban J connectivity index is 1.73.